The Kier molecular flexibility index (Phi) is 5.62. The predicted octanol–water partition coefficient (Wildman–Crippen LogP) is 3.85. The van der Waals surface area contributed by atoms with Crippen molar-refractivity contribution < 1.29 is 9.90 Å². The lowest BCUT2D eigenvalue weighted by molar-refractivity contribution is -0.131. The molecule has 88 valence electrons. The highest BCUT2D eigenvalue weighted by Gasteiger charge is 2.04. The Labute approximate surface area is 97.4 Å². The molecule has 1 aliphatic rings. The van der Waals surface area contributed by atoms with Crippen molar-refractivity contribution >= 4 is 5.97 Å². The van der Waals surface area contributed by atoms with Gasteiger partial charge in [0.1, 0.15) is 0 Å². The largest absolute Gasteiger partial charge is 0.478 e. The summed E-state index contributed by atoms with van der Waals surface area (Å²) in [5.41, 5.74) is 2.61. The highest BCUT2D eigenvalue weighted by Crippen LogP contribution is 2.23. The Morgan fingerprint density at radius 1 is 1.38 bits per heavy atom. The van der Waals surface area contributed by atoms with Crippen molar-refractivity contribution in [1.29, 1.82) is 0 Å². The van der Waals surface area contributed by atoms with Gasteiger partial charge >= 0.3 is 5.97 Å². The molecular formula is C14H20O2. The first-order valence-electron chi connectivity index (χ1n) is 6.02. The van der Waals surface area contributed by atoms with E-state index in [1.807, 2.05) is 6.08 Å². The Hall–Kier alpha value is -1.31. The summed E-state index contributed by atoms with van der Waals surface area (Å²) in [6.45, 7) is 2.21. The molecule has 0 atom stereocenters. The lowest BCUT2D eigenvalue weighted by atomic mass is 9.94. The maximum atomic E-state index is 10.4. The van der Waals surface area contributed by atoms with Gasteiger partial charge in [-0.05, 0) is 31.3 Å². The van der Waals surface area contributed by atoms with Gasteiger partial charge in [0.15, 0.2) is 0 Å². The molecule has 1 N–H and O–H groups in total. The highest BCUT2D eigenvalue weighted by atomic mass is 16.4. The van der Waals surface area contributed by atoms with Crippen LogP contribution in [0.2, 0.25) is 0 Å². The molecule has 0 amide bonds. The molecule has 0 bridgehead atoms. The molecule has 0 spiro atoms. The first kappa shape index (κ1) is 12.8. The molecule has 1 aliphatic carbocycles. The second kappa shape index (κ2) is 7.04. The molecule has 0 aliphatic heterocycles. The molecule has 16 heavy (non-hydrogen) atoms. The lowest BCUT2D eigenvalue weighted by Gasteiger charge is -2.12. The van der Waals surface area contributed by atoms with Crippen molar-refractivity contribution in [3.05, 3.63) is 35.5 Å². The zero-order valence-corrected chi connectivity index (χ0v) is 9.91. The standard InChI is InChI=1S/C14H20O2/c1-2-3-4-5-12-6-8-13(9-7-12)10-11-14(15)16/h6,8,10-11H,2-5,7,9H2,1H3,(H,15,16)/b11-10+. The van der Waals surface area contributed by atoms with Gasteiger partial charge in [-0.15, -0.1) is 0 Å². The number of carboxylic acids is 1. The van der Waals surface area contributed by atoms with Gasteiger partial charge in [-0.25, -0.2) is 4.79 Å². The van der Waals surface area contributed by atoms with Crippen molar-refractivity contribution in [3.8, 4) is 0 Å². The van der Waals surface area contributed by atoms with Gasteiger partial charge in [0, 0.05) is 6.08 Å². The van der Waals surface area contributed by atoms with E-state index >= 15 is 0 Å². The Morgan fingerprint density at radius 2 is 2.19 bits per heavy atom. The van der Waals surface area contributed by atoms with Crippen molar-refractivity contribution in [2.45, 2.75) is 45.4 Å². The van der Waals surface area contributed by atoms with Crippen LogP contribution in [0.1, 0.15) is 45.4 Å². The molecule has 0 saturated carbocycles. The number of hydrogen-bond acceptors (Lipinski definition) is 1. The van der Waals surface area contributed by atoms with Gasteiger partial charge in [0.25, 0.3) is 0 Å². The van der Waals surface area contributed by atoms with E-state index in [0.717, 1.165) is 18.4 Å². The van der Waals surface area contributed by atoms with Crippen molar-refractivity contribution in [1.82, 2.24) is 0 Å². The van der Waals surface area contributed by atoms with Crippen LogP contribution in [0.15, 0.2) is 35.5 Å². The first-order chi connectivity index (χ1) is 7.72. The maximum absolute atomic E-state index is 10.4. The highest BCUT2D eigenvalue weighted by molar-refractivity contribution is 5.80. The summed E-state index contributed by atoms with van der Waals surface area (Å²) < 4.78 is 0. The second-order valence-corrected chi connectivity index (χ2v) is 4.20. The van der Waals surface area contributed by atoms with E-state index in [1.54, 1.807) is 6.08 Å². The van der Waals surface area contributed by atoms with E-state index < -0.39 is 5.97 Å². The topological polar surface area (TPSA) is 37.3 Å². The molecule has 0 unspecified atom stereocenters. The molecule has 2 heteroatoms. The maximum Gasteiger partial charge on any atom is 0.328 e. The Morgan fingerprint density at radius 3 is 2.75 bits per heavy atom. The van der Waals surface area contributed by atoms with Crippen LogP contribution < -0.4 is 0 Å². The minimum Gasteiger partial charge on any atom is -0.478 e. The Balaban J connectivity index is 2.41. The minimum atomic E-state index is -0.876. The minimum absolute atomic E-state index is 0.876. The monoisotopic (exact) mass is 220 g/mol. The van der Waals surface area contributed by atoms with Gasteiger partial charge < -0.3 is 5.11 Å². The lowest BCUT2D eigenvalue weighted by Crippen LogP contribution is -1.94. The molecule has 2 nitrogen and oxygen atoms in total. The predicted molar refractivity (Wildman–Crippen MR) is 66.3 cm³/mol. The smallest absolute Gasteiger partial charge is 0.328 e. The fraction of sp³-hybridized carbons (Fsp3) is 0.500. The van der Waals surface area contributed by atoms with Crippen LogP contribution in [0, 0.1) is 0 Å². The second-order valence-electron chi connectivity index (χ2n) is 4.20. The molecule has 0 saturated heterocycles. The summed E-state index contributed by atoms with van der Waals surface area (Å²) in [5, 5.41) is 8.51. The molecule has 0 aromatic rings. The van der Waals surface area contributed by atoms with Gasteiger partial charge in [-0.2, -0.15) is 0 Å². The number of carbonyl (C=O) groups is 1. The molecule has 0 fully saturated rings. The molecule has 0 heterocycles. The van der Waals surface area contributed by atoms with Gasteiger partial charge in [0.2, 0.25) is 0 Å². The number of unbranched alkanes of at least 4 members (excludes halogenated alkanes) is 2. The average Bonchev–Trinajstić information content (AvgIpc) is 2.28. The summed E-state index contributed by atoms with van der Waals surface area (Å²) in [7, 11) is 0. The summed E-state index contributed by atoms with van der Waals surface area (Å²) in [5.74, 6) is -0.876. The molecule has 0 aromatic carbocycles. The SMILES string of the molecule is CCCCCC1=CC=C(/C=C/C(=O)O)CC1. The van der Waals surface area contributed by atoms with E-state index in [-0.39, 0.29) is 0 Å². The summed E-state index contributed by atoms with van der Waals surface area (Å²) in [4.78, 5) is 10.4. The molecule has 0 radical (unpaired) electrons. The van der Waals surface area contributed by atoms with E-state index in [0.29, 0.717) is 0 Å². The van der Waals surface area contributed by atoms with Gasteiger partial charge in [0.05, 0.1) is 0 Å². The van der Waals surface area contributed by atoms with E-state index in [4.69, 9.17) is 5.11 Å². The number of carboxylic acid groups (broad SMARTS) is 1. The third kappa shape index (κ3) is 4.96. The average molecular weight is 220 g/mol. The fourth-order valence-electron chi connectivity index (χ4n) is 1.82. The van der Waals surface area contributed by atoms with Crippen LogP contribution in [0.25, 0.3) is 0 Å². The van der Waals surface area contributed by atoms with Crippen molar-refractivity contribution in [3.63, 3.8) is 0 Å². The number of hydrogen-bond donors (Lipinski definition) is 1. The first-order valence-corrected chi connectivity index (χ1v) is 6.02. The van der Waals surface area contributed by atoms with Crippen molar-refractivity contribution in [2.75, 3.05) is 0 Å². The molecular weight excluding hydrogens is 200 g/mol. The van der Waals surface area contributed by atoms with Crippen LogP contribution in [0.5, 0.6) is 0 Å². The van der Waals surface area contributed by atoms with Crippen LogP contribution in [0.3, 0.4) is 0 Å². The normalized spacial score (nSPS) is 16.1. The zero-order valence-electron chi connectivity index (χ0n) is 9.91. The van der Waals surface area contributed by atoms with Gasteiger partial charge in [-0.1, -0.05) is 43.6 Å². The third-order valence-corrected chi connectivity index (χ3v) is 2.81. The Bertz CT molecular complexity index is 322. The quantitative estimate of drug-likeness (QED) is 0.545. The summed E-state index contributed by atoms with van der Waals surface area (Å²) in [6, 6.07) is 0. The number of allylic oxidation sites excluding steroid dienone is 5. The zero-order chi connectivity index (χ0) is 11.8. The molecule has 0 aromatic heterocycles. The van der Waals surface area contributed by atoms with Crippen LogP contribution in [-0.4, -0.2) is 11.1 Å². The van der Waals surface area contributed by atoms with E-state index in [1.165, 1.54) is 37.3 Å². The van der Waals surface area contributed by atoms with Crippen LogP contribution >= 0.6 is 0 Å². The fourth-order valence-corrected chi connectivity index (χ4v) is 1.82. The van der Waals surface area contributed by atoms with E-state index in [9.17, 15) is 4.79 Å². The van der Waals surface area contributed by atoms with E-state index in [2.05, 4.69) is 13.0 Å². The van der Waals surface area contributed by atoms with Gasteiger partial charge in [-0.3, -0.25) is 0 Å². The van der Waals surface area contributed by atoms with Crippen molar-refractivity contribution in [2.24, 2.45) is 0 Å². The molecule has 1 rings (SSSR count). The third-order valence-electron chi connectivity index (χ3n) is 2.81. The summed E-state index contributed by atoms with van der Waals surface area (Å²) in [6.07, 6.45) is 14.2. The number of aliphatic carboxylic acids is 1. The summed E-state index contributed by atoms with van der Waals surface area (Å²) >= 11 is 0. The number of rotatable bonds is 6. The van der Waals surface area contributed by atoms with Crippen LogP contribution in [-0.2, 0) is 4.79 Å². The van der Waals surface area contributed by atoms with Crippen LogP contribution in [0.4, 0.5) is 0 Å².